The van der Waals surface area contributed by atoms with Gasteiger partial charge in [-0.2, -0.15) is 0 Å². The van der Waals surface area contributed by atoms with Gasteiger partial charge in [-0.1, -0.05) is 12.1 Å². The lowest BCUT2D eigenvalue weighted by atomic mass is 10.1. The average molecular weight is 429 g/mol. The van der Waals surface area contributed by atoms with Crippen LogP contribution >= 0.6 is 0 Å². The topological polar surface area (TPSA) is 73.9 Å². The van der Waals surface area contributed by atoms with E-state index >= 15 is 0 Å². The molecule has 7 heteroatoms. The number of nitrogens with one attached hydrogen (secondary N) is 2. The lowest BCUT2D eigenvalue weighted by Gasteiger charge is -2.19. The zero-order valence-electron chi connectivity index (χ0n) is 17.8. The van der Waals surface area contributed by atoms with Crippen molar-refractivity contribution in [2.75, 3.05) is 11.9 Å². The van der Waals surface area contributed by atoms with Gasteiger partial charge in [0, 0.05) is 47.4 Å². The number of halogens is 1. The summed E-state index contributed by atoms with van der Waals surface area (Å²) >= 11 is 0. The van der Waals surface area contributed by atoms with Crippen molar-refractivity contribution >= 4 is 22.5 Å². The summed E-state index contributed by atoms with van der Waals surface area (Å²) < 4.78 is 14.7. The lowest BCUT2D eigenvalue weighted by molar-refractivity contribution is 0.102. The number of aromatic amines is 1. The van der Waals surface area contributed by atoms with E-state index in [1.165, 1.54) is 25.0 Å². The SMILES string of the molecule is C[C@H]1CCCN1Cc1cc2ccc(NC(=O)c3ccc(-c4cnccn4)cc3F)cc2[nH]1. The van der Waals surface area contributed by atoms with Crippen LogP contribution in [-0.2, 0) is 6.54 Å². The van der Waals surface area contributed by atoms with E-state index < -0.39 is 11.7 Å². The van der Waals surface area contributed by atoms with Crippen LogP contribution in [0.3, 0.4) is 0 Å². The van der Waals surface area contributed by atoms with Gasteiger partial charge in [0.1, 0.15) is 5.82 Å². The summed E-state index contributed by atoms with van der Waals surface area (Å²) in [4.78, 5) is 26.8. The molecule has 1 fully saturated rings. The van der Waals surface area contributed by atoms with Crippen molar-refractivity contribution in [3.63, 3.8) is 0 Å². The molecule has 1 aliphatic heterocycles. The first-order chi connectivity index (χ1) is 15.6. The predicted molar refractivity (Wildman–Crippen MR) is 123 cm³/mol. The minimum absolute atomic E-state index is 0.0204. The summed E-state index contributed by atoms with van der Waals surface area (Å²) in [7, 11) is 0. The zero-order chi connectivity index (χ0) is 22.1. The number of amides is 1. The number of anilines is 1. The van der Waals surface area contributed by atoms with Crippen LogP contribution in [0.25, 0.3) is 22.2 Å². The third kappa shape index (κ3) is 4.11. The summed E-state index contributed by atoms with van der Waals surface area (Å²) in [6, 6.07) is 12.9. The maximum atomic E-state index is 14.7. The van der Waals surface area contributed by atoms with E-state index in [1.807, 2.05) is 18.2 Å². The van der Waals surface area contributed by atoms with Crippen molar-refractivity contribution < 1.29 is 9.18 Å². The molecule has 1 atom stereocenters. The fourth-order valence-corrected chi connectivity index (χ4v) is 4.30. The lowest BCUT2D eigenvalue weighted by Crippen LogP contribution is -2.26. The number of hydrogen-bond acceptors (Lipinski definition) is 4. The van der Waals surface area contributed by atoms with Gasteiger partial charge in [0.05, 0.1) is 17.5 Å². The number of rotatable bonds is 5. The molecule has 0 spiro atoms. The Morgan fingerprint density at radius 1 is 1.22 bits per heavy atom. The molecule has 1 aliphatic rings. The molecule has 5 rings (SSSR count). The first kappa shape index (κ1) is 20.3. The molecule has 0 bridgehead atoms. The molecule has 2 aromatic carbocycles. The Balaban J connectivity index is 1.32. The summed E-state index contributed by atoms with van der Waals surface area (Å²) in [5.41, 5.74) is 3.82. The zero-order valence-corrected chi connectivity index (χ0v) is 17.8. The fraction of sp³-hybridized carbons (Fsp3) is 0.240. The van der Waals surface area contributed by atoms with Crippen LogP contribution in [0.4, 0.5) is 10.1 Å². The molecular weight excluding hydrogens is 405 g/mol. The Morgan fingerprint density at radius 2 is 2.12 bits per heavy atom. The van der Waals surface area contributed by atoms with Gasteiger partial charge in [-0.25, -0.2) is 4.39 Å². The molecule has 2 aromatic heterocycles. The van der Waals surface area contributed by atoms with Crippen LogP contribution in [0.1, 0.15) is 35.8 Å². The molecule has 0 unspecified atom stereocenters. The second-order valence-corrected chi connectivity index (χ2v) is 8.30. The number of hydrogen-bond donors (Lipinski definition) is 2. The van der Waals surface area contributed by atoms with Gasteiger partial charge < -0.3 is 10.3 Å². The smallest absolute Gasteiger partial charge is 0.258 e. The Morgan fingerprint density at radius 3 is 2.88 bits per heavy atom. The van der Waals surface area contributed by atoms with E-state index in [1.54, 1.807) is 24.7 Å². The molecule has 32 heavy (non-hydrogen) atoms. The highest BCUT2D eigenvalue weighted by molar-refractivity contribution is 6.05. The minimum Gasteiger partial charge on any atom is -0.357 e. The molecule has 4 aromatic rings. The van der Waals surface area contributed by atoms with Gasteiger partial charge >= 0.3 is 0 Å². The number of likely N-dealkylation sites (tertiary alicyclic amines) is 1. The number of fused-ring (bicyclic) bond motifs is 1. The summed E-state index contributed by atoms with van der Waals surface area (Å²) in [5.74, 6) is -1.10. The van der Waals surface area contributed by atoms with Gasteiger partial charge in [0.2, 0.25) is 0 Å². The summed E-state index contributed by atoms with van der Waals surface area (Å²) in [5, 5.41) is 3.89. The van der Waals surface area contributed by atoms with E-state index in [0.29, 0.717) is 23.0 Å². The highest BCUT2D eigenvalue weighted by atomic mass is 19.1. The van der Waals surface area contributed by atoms with E-state index in [9.17, 15) is 9.18 Å². The number of carbonyl (C=O) groups is 1. The standard InChI is InChI=1S/C25H24FN5O/c1-16-3-2-10-31(16)15-20-11-17-4-6-19(13-23(17)29-20)30-25(32)21-7-5-18(12-22(21)26)24-14-27-8-9-28-24/h4-9,11-14,16,29H,2-3,10,15H2,1H3,(H,30,32)/t16-/m0/s1. The second kappa shape index (κ2) is 8.51. The normalized spacial score (nSPS) is 16.5. The summed E-state index contributed by atoms with van der Waals surface area (Å²) in [6.45, 7) is 4.28. The van der Waals surface area contributed by atoms with Crippen LogP contribution in [0.15, 0.2) is 61.1 Å². The third-order valence-corrected chi connectivity index (χ3v) is 6.07. The number of H-pyrrole nitrogens is 1. The van der Waals surface area contributed by atoms with Crippen molar-refractivity contribution in [1.82, 2.24) is 19.9 Å². The second-order valence-electron chi connectivity index (χ2n) is 8.30. The van der Waals surface area contributed by atoms with E-state index in [0.717, 1.165) is 29.7 Å². The van der Waals surface area contributed by atoms with Gasteiger partial charge in [0.25, 0.3) is 5.91 Å². The van der Waals surface area contributed by atoms with E-state index in [4.69, 9.17) is 0 Å². The first-order valence-electron chi connectivity index (χ1n) is 10.8. The maximum absolute atomic E-state index is 14.7. The Kier molecular flexibility index (Phi) is 5.41. The monoisotopic (exact) mass is 429 g/mol. The molecule has 3 heterocycles. The van der Waals surface area contributed by atoms with Gasteiger partial charge in [-0.15, -0.1) is 0 Å². The Bertz CT molecular complexity index is 1270. The number of carbonyl (C=O) groups excluding carboxylic acids is 1. The van der Waals surface area contributed by atoms with Crippen LogP contribution in [0, 0.1) is 5.82 Å². The van der Waals surface area contributed by atoms with Gasteiger partial charge in [0.15, 0.2) is 0 Å². The predicted octanol–water partition coefficient (Wildman–Crippen LogP) is 5.00. The largest absolute Gasteiger partial charge is 0.357 e. The summed E-state index contributed by atoms with van der Waals surface area (Å²) in [6.07, 6.45) is 7.14. The molecule has 1 amide bonds. The first-order valence-corrected chi connectivity index (χ1v) is 10.8. The molecule has 162 valence electrons. The maximum Gasteiger partial charge on any atom is 0.258 e. The van der Waals surface area contributed by atoms with Crippen LogP contribution in [-0.4, -0.2) is 38.3 Å². The molecular formula is C25H24FN5O. The molecule has 2 N–H and O–H groups in total. The fourth-order valence-electron chi connectivity index (χ4n) is 4.30. The highest BCUT2D eigenvalue weighted by Gasteiger charge is 2.20. The number of aromatic nitrogens is 3. The van der Waals surface area contributed by atoms with Crippen LogP contribution < -0.4 is 5.32 Å². The number of benzene rings is 2. The Labute approximate surface area is 185 Å². The number of nitrogens with zero attached hydrogens (tertiary/aromatic N) is 3. The quantitative estimate of drug-likeness (QED) is 0.468. The van der Waals surface area contributed by atoms with Crippen molar-refractivity contribution in [3.8, 4) is 11.3 Å². The molecule has 0 saturated carbocycles. The molecule has 6 nitrogen and oxygen atoms in total. The molecule has 0 radical (unpaired) electrons. The minimum atomic E-state index is -0.603. The van der Waals surface area contributed by atoms with Crippen molar-refractivity contribution in [2.45, 2.75) is 32.4 Å². The molecule has 0 aliphatic carbocycles. The van der Waals surface area contributed by atoms with Gasteiger partial charge in [-0.05, 0) is 62.0 Å². The average Bonchev–Trinajstić information content (AvgIpc) is 3.39. The van der Waals surface area contributed by atoms with Crippen LogP contribution in [0.2, 0.25) is 0 Å². The van der Waals surface area contributed by atoms with Crippen LogP contribution in [0.5, 0.6) is 0 Å². The van der Waals surface area contributed by atoms with Crippen molar-refractivity contribution in [1.29, 1.82) is 0 Å². The molecule has 1 saturated heterocycles. The Hall–Kier alpha value is -3.58. The highest BCUT2D eigenvalue weighted by Crippen LogP contribution is 2.25. The van der Waals surface area contributed by atoms with Gasteiger partial charge in [-0.3, -0.25) is 19.7 Å². The third-order valence-electron chi connectivity index (χ3n) is 6.07. The van der Waals surface area contributed by atoms with E-state index in [-0.39, 0.29) is 5.56 Å². The van der Waals surface area contributed by atoms with Crippen molar-refractivity contribution in [2.24, 2.45) is 0 Å². The van der Waals surface area contributed by atoms with Crippen molar-refractivity contribution in [3.05, 3.63) is 78.1 Å². The van der Waals surface area contributed by atoms with E-state index in [2.05, 4.69) is 38.2 Å².